The molecule has 0 aliphatic carbocycles. The number of aryl methyl sites for hydroxylation is 1. The zero-order valence-electron chi connectivity index (χ0n) is 12.8. The molecular weight excluding hydrogens is 300 g/mol. The molecule has 1 fully saturated rings. The number of hydrogen-bond acceptors (Lipinski definition) is 3. The van der Waals surface area contributed by atoms with Gasteiger partial charge in [-0.1, -0.05) is 11.6 Å². The molecular formula is C16H19ClN4O. The van der Waals surface area contributed by atoms with Gasteiger partial charge in [0, 0.05) is 18.9 Å². The Bertz CT molecular complexity index is 683. The van der Waals surface area contributed by atoms with Crippen molar-refractivity contribution in [3.63, 3.8) is 0 Å². The smallest absolute Gasteiger partial charge is 0.244 e. The molecule has 116 valence electrons. The van der Waals surface area contributed by atoms with Gasteiger partial charge in [0.2, 0.25) is 5.91 Å². The molecule has 6 heteroatoms. The number of rotatable bonds is 3. The maximum Gasteiger partial charge on any atom is 0.244 e. The van der Waals surface area contributed by atoms with Crippen molar-refractivity contribution in [2.45, 2.75) is 39.3 Å². The molecule has 5 nitrogen and oxygen atoms in total. The molecule has 1 amide bonds. The fraction of sp³-hybridized carbons (Fsp3) is 0.438. The van der Waals surface area contributed by atoms with Crippen molar-refractivity contribution in [1.29, 1.82) is 0 Å². The van der Waals surface area contributed by atoms with Gasteiger partial charge in [-0.05, 0) is 44.4 Å². The van der Waals surface area contributed by atoms with Crippen LogP contribution in [0.4, 0.5) is 0 Å². The Morgan fingerprint density at radius 3 is 2.73 bits per heavy atom. The van der Waals surface area contributed by atoms with Crippen LogP contribution < -0.4 is 0 Å². The number of nitrogens with zero attached hydrogens (tertiary/aromatic N) is 4. The van der Waals surface area contributed by atoms with E-state index < -0.39 is 0 Å². The Morgan fingerprint density at radius 2 is 2.09 bits per heavy atom. The maximum absolute atomic E-state index is 12.7. The second kappa shape index (κ2) is 6.08. The number of halogens is 1. The van der Waals surface area contributed by atoms with Crippen LogP contribution in [0.1, 0.15) is 35.8 Å². The third kappa shape index (κ3) is 2.73. The van der Waals surface area contributed by atoms with Crippen LogP contribution in [0, 0.1) is 13.8 Å². The summed E-state index contributed by atoms with van der Waals surface area (Å²) in [6.07, 6.45) is 5.57. The second-order valence-electron chi connectivity index (χ2n) is 5.67. The van der Waals surface area contributed by atoms with Crippen molar-refractivity contribution >= 4 is 17.5 Å². The molecule has 3 rings (SSSR count). The van der Waals surface area contributed by atoms with Crippen LogP contribution in [-0.2, 0) is 11.3 Å². The SMILES string of the molecule is Cc1nn(CC(=O)N2CCC[C@H]2c2ccncc2)c(C)c1Cl. The predicted molar refractivity (Wildman–Crippen MR) is 84.6 cm³/mol. The molecule has 1 atom stereocenters. The van der Waals surface area contributed by atoms with Gasteiger partial charge >= 0.3 is 0 Å². The van der Waals surface area contributed by atoms with E-state index >= 15 is 0 Å². The molecule has 2 aromatic rings. The lowest BCUT2D eigenvalue weighted by molar-refractivity contribution is -0.133. The number of carbonyl (C=O) groups excluding carboxylic acids is 1. The Kier molecular flexibility index (Phi) is 4.16. The van der Waals surface area contributed by atoms with Gasteiger partial charge in [0.1, 0.15) is 6.54 Å². The van der Waals surface area contributed by atoms with Crippen molar-refractivity contribution in [3.05, 3.63) is 46.5 Å². The van der Waals surface area contributed by atoms with Crippen LogP contribution in [-0.4, -0.2) is 32.1 Å². The number of aromatic nitrogens is 3. The minimum Gasteiger partial charge on any atom is -0.334 e. The maximum atomic E-state index is 12.7. The fourth-order valence-corrected chi connectivity index (χ4v) is 3.18. The summed E-state index contributed by atoms with van der Waals surface area (Å²) in [5, 5.41) is 4.98. The second-order valence-corrected chi connectivity index (χ2v) is 6.05. The van der Waals surface area contributed by atoms with Crippen LogP contribution >= 0.6 is 11.6 Å². The monoisotopic (exact) mass is 318 g/mol. The highest BCUT2D eigenvalue weighted by atomic mass is 35.5. The van der Waals surface area contributed by atoms with Gasteiger partial charge in [-0.3, -0.25) is 14.5 Å². The molecule has 1 aliphatic heterocycles. The molecule has 1 aliphatic rings. The zero-order chi connectivity index (χ0) is 15.7. The Labute approximate surface area is 134 Å². The topological polar surface area (TPSA) is 51.0 Å². The highest BCUT2D eigenvalue weighted by Gasteiger charge is 2.30. The standard InChI is InChI=1S/C16H19ClN4O/c1-11-16(17)12(2)21(19-11)10-15(22)20-9-3-4-14(20)13-5-7-18-8-6-13/h5-8,14H,3-4,9-10H2,1-2H3/t14-/m0/s1. The Balaban J connectivity index is 1.78. The molecule has 0 N–H and O–H groups in total. The van der Waals surface area contributed by atoms with Gasteiger partial charge in [0.25, 0.3) is 0 Å². The van der Waals surface area contributed by atoms with Gasteiger partial charge in [-0.2, -0.15) is 5.10 Å². The normalized spacial score (nSPS) is 18.0. The highest BCUT2D eigenvalue weighted by Crippen LogP contribution is 2.32. The Morgan fingerprint density at radius 1 is 1.36 bits per heavy atom. The van der Waals surface area contributed by atoms with Crippen LogP contribution in [0.3, 0.4) is 0 Å². The van der Waals surface area contributed by atoms with E-state index in [1.165, 1.54) is 0 Å². The first-order valence-electron chi connectivity index (χ1n) is 7.47. The fourth-order valence-electron chi connectivity index (χ4n) is 3.05. The van der Waals surface area contributed by atoms with Gasteiger partial charge in [-0.25, -0.2) is 0 Å². The van der Waals surface area contributed by atoms with E-state index in [0.717, 1.165) is 36.3 Å². The molecule has 0 aromatic carbocycles. The number of hydrogen-bond donors (Lipinski definition) is 0. The van der Waals surface area contributed by atoms with E-state index in [1.807, 2.05) is 30.9 Å². The molecule has 0 saturated carbocycles. The number of carbonyl (C=O) groups is 1. The molecule has 22 heavy (non-hydrogen) atoms. The lowest BCUT2D eigenvalue weighted by Crippen LogP contribution is -2.34. The summed E-state index contributed by atoms with van der Waals surface area (Å²) in [7, 11) is 0. The predicted octanol–water partition coefficient (Wildman–Crippen LogP) is 2.91. The number of likely N-dealkylation sites (tertiary alicyclic amines) is 1. The molecule has 0 unspecified atom stereocenters. The first-order valence-corrected chi connectivity index (χ1v) is 7.84. The molecule has 0 spiro atoms. The minimum atomic E-state index is 0.0848. The summed E-state index contributed by atoms with van der Waals surface area (Å²) >= 11 is 6.15. The third-order valence-corrected chi connectivity index (χ3v) is 4.79. The van der Waals surface area contributed by atoms with Crippen LogP contribution in [0.5, 0.6) is 0 Å². The quantitative estimate of drug-likeness (QED) is 0.874. The summed E-state index contributed by atoms with van der Waals surface area (Å²) in [5.74, 6) is 0.0848. The van der Waals surface area contributed by atoms with Crippen molar-refractivity contribution in [2.75, 3.05) is 6.54 Å². The van der Waals surface area contributed by atoms with E-state index in [-0.39, 0.29) is 18.5 Å². The molecule has 0 radical (unpaired) electrons. The zero-order valence-corrected chi connectivity index (χ0v) is 13.5. The summed E-state index contributed by atoms with van der Waals surface area (Å²) in [5.41, 5.74) is 2.75. The molecule has 3 heterocycles. The van der Waals surface area contributed by atoms with E-state index in [1.54, 1.807) is 17.1 Å². The number of amides is 1. The van der Waals surface area contributed by atoms with Crippen molar-refractivity contribution < 1.29 is 4.79 Å². The lowest BCUT2D eigenvalue weighted by Gasteiger charge is -2.25. The first-order chi connectivity index (χ1) is 10.6. The van der Waals surface area contributed by atoms with Gasteiger partial charge < -0.3 is 4.90 Å². The van der Waals surface area contributed by atoms with E-state index in [2.05, 4.69) is 10.1 Å². The van der Waals surface area contributed by atoms with Crippen LogP contribution in [0.15, 0.2) is 24.5 Å². The lowest BCUT2D eigenvalue weighted by atomic mass is 10.1. The van der Waals surface area contributed by atoms with Crippen LogP contribution in [0.25, 0.3) is 0 Å². The van der Waals surface area contributed by atoms with E-state index in [0.29, 0.717) is 5.02 Å². The molecule has 0 bridgehead atoms. The van der Waals surface area contributed by atoms with E-state index in [4.69, 9.17) is 11.6 Å². The average molecular weight is 319 g/mol. The summed E-state index contributed by atoms with van der Waals surface area (Å²) < 4.78 is 1.70. The average Bonchev–Trinajstić information content (AvgIpc) is 3.10. The number of pyridine rings is 1. The van der Waals surface area contributed by atoms with Crippen molar-refractivity contribution in [2.24, 2.45) is 0 Å². The van der Waals surface area contributed by atoms with Gasteiger partial charge in [-0.15, -0.1) is 0 Å². The van der Waals surface area contributed by atoms with Gasteiger partial charge in [0.05, 0.1) is 22.5 Å². The van der Waals surface area contributed by atoms with E-state index in [9.17, 15) is 4.79 Å². The molecule has 1 saturated heterocycles. The van der Waals surface area contributed by atoms with Crippen molar-refractivity contribution in [3.8, 4) is 0 Å². The summed E-state index contributed by atoms with van der Waals surface area (Å²) in [4.78, 5) is 18.7. The first kappa shape index (κ1) is 15.0. The van der Waals surface area contributed by atoms with Crippen molar-refractivity contribution in [1.82, 2.24) is 19.7 Å². The Hall–Kier alpha value is -1.88. The minimum absolute atomic E-state index is 0.0848. The molecule has 2 aromatic heterocycles. The van der Waals surface area contributed by atoms with Crippen LogP contribution in [0.2, 0.25) is 5.02 Å². The summed E-state index contributed by atoms with van der Waals surface area (Å²) in [6.45, 7) is 4.77. The third-order valence-electron chi connectivity index (χ3n) is 4.24. The largest absolute Gasteiger partial charge is 0.334 e. The van der Waals surface area contributed by atoms with Gasteiger partial charge in [0.15, 0.2) is 0 Å². The summed E-state index contributed by atoms with van der Waals surface area (Å²) in [6, 6.07) is 4.11. The highest BCUT2D eigenvalue weighted by molar-refractivity contribution is 6.31.